The van der Waals surface area contributed by atoms with Crippen molar-refractivity contribution in [2.45, 2.75) is 26.3 Å². The number of hydrogen-bond donors (Lipinski definition) is 2. The van der Waals surface area contributed by atoms with Crippen LogP contribution >= 0.6 is 0 Å². The minimum atomic E-state index is -0.766. The molecule has 1 atom stereocenters. The van der Waals surface area contributed by atoms with E-state index in [9.17, 15) is 9.59 Å². The van der Waals surface area contributed by atoms with Crippen LogP contribution in [0, 0.1) is 6.92 Å². The summed E-state index contributed by atoms with van der Waals surface area (Å²) in [5, 5.41) is 4.41. The van der Waals surface area contributed by atoms with Gasteiger partial charge < -0.3 is 10.1 Å². The summed E-state index contributed by atoms with van der Waals surface area (Å²) in [5.74, 6) is 0.189. The van der Waals surface area contributed by atoms with Crippen molar-refractivity contribution in [2.24, 2.45) is 0 Å². The lowest BCUT2D eigenvalue weighted by Crippen LogP contribution is -2.51. The molecule has 0 fully saturated rings. The molecule has 0 aliphatic heterocycles. The second-order valence-electron chi connectivity index (χ2n) is 7.38. The average Bonchev–Trinajstić information content (AvgIpc) is 2.82. The Kier molecular flexibility index (Phi) is 7.80. The molecule has 2 aromatic carbocycles. The molecule has 7 heteroatoms. The van der Waals surface area contributed by atoms with Crippen LogP contribution in [0.15, 0.2) is 73.1 Å². The zero-order valence-corrected chi connectivity index (χ0v) is 18.5. The number of aromatic nitrogens is 1. The smallest absolute Gasteiger partial charge is 0.263 e. The SMILES string of the molecule is CCN(Nc1ccc(OC)cc1)C(=O)C(Cc1cccnc1)NC(=O)c1cccc(C)c1. The molecular formula is C25H28N4O3. The Morgan fingerprint density at radius 1 is 1.09 bits per heavy atom. The number of likely N-dealkylation sites (N-methyl/N-ethyl adjacent to an activating group) is 1. The highest BCUT2D eigenvalue weighted by molar-refractivity contribution is 5.98. The van der Waals surface area contributed by atoms with Crippen molar-refractivity contribution in [1.82, 2.24) is 15.3 Å². The normalized spacial score (nSPS) is 11.3. The second kappa shape index (κ2) is 10.9. The largest absolute Gasteiger partial charge is 0.497 e. The number of methoxy groups -OCH3 is 1. The zero-order chi connectivity index (χ0) is 22.9. The number of carbonyl (C=O) groups is 2. The Hall–Kier alpha value is -3.87. The van der Waals surface area contributed by atoms with Crippen molar-refractivity contribution < 1.29 is 14.3 Å². The van der Waals surface area contributed by atoms with Gasteiger partial charge in [-0.05, 0) is 61.9 Å². The van der Waals surface area contributed by atoms with Crippen LogP contribution in [0.2, 0.25) is 0 Å². The molecule has 166 valence electrons. The maximum Gasteiger partial charge on any atom is 0.263 e. The van der Waals surface area contributed by atoms with E-state index in [2.05, 4.69) is 15.7 Å². The van der Waals surface area contributed by atoms with Crippen molar-refractivity contribution in [3.63, 3.8) is 0 Å². The number of nitrogens with one attached hydrogen (secondary N) is 2. The molecule has 3 aromatic rings. The van der Waals surface area contributed by atoms with Crippen LogP contribution in [0.25, 0.3) is 0 Å². The fourth-order valence-electron chi connectivity index (χ4n) is 3.28. The van der Waals surface area contributed by atoms with Gasteiger partial charge in [0, 0.05) is 30.9 Å². The van der Waals surface area contributed by atoms with Crippen LogP contribution in [-0.4, -0.2) is 41.5 Å². The summed E-state index contributed by atoms with van der Waals surface area (Å²) in [6, 6.07) is 17.5. The molecule has 32 heavy (non-hydrogen) atoms. The molecule has 0 radical (unpaired) electrons. The fraction of sp³-hybridized carbons (Fsp3) is 0.240. The van der Waals surface area contributed by atoms with Crippen molar-refractivity contribution in [3.05, 3.63) is 89.7 Å². The maximum absolute atomic E-state index is 13.4. The molecule has 1 heterocycles. The highest BCUT2D eigenvalue weighted by Gasteiger charge is 2.26. The summed E-state index contributed by atoms with van der Waals surface area (Å²) >= 11 is 0. The van der Waals surface area contributed by atoms with Crippen LogP contribution in [0.1, 0.15) is 28.4 Å². The van der Waals surface area contributed by atoms with Crippen molar-refractivity contribution in [2.75, 3.05) is 19.1 Å². The predicted octanol–water partition coefficient (Wildman–Crippen LogP) is 3.62. The first-order valence-electron chi connectivity index (χ1n) is 10.5. The van der Waals surface area contributed by atoms with Crippen molar-refractivity contribution in [3.8, 4) is 5.75 Å². The van der Waals surface area contributed by atoms with Gasteiger partial charge in [-0.3, -0.25) is 25.0 Å². The van der Waals surface area contributed by atoms with Gasteiger partial charge in [0.15, 0.2) is 0 Å². The minimum absolute atomic E-state index is 0.242. The Morgan fingerprint density at radius 2 is 1.88 bits per heavy atom. The molecule has 0 spiro atoms. The number of benzene rings is 2. The van der Waals surface area contributed by atoms with Gasteiger partial charge in [0.05, 0.1) is 12.8 Å². The summed E-state index contributed by atoms with van der Waals surface area (Å²) in [7, 11) is 1.60. The topological polar surface area (TPSA) is 83.6 Å². The van der Waals surface area contributed by atoms with E-state index in [1.165, 1.54) is 5.01 Å². The van der Waals surface area contributed by atoms with E-state index in [1.54, 1.807) is 31.6 Å². The number of carbonyl (C=O) groups excluding carboxylic acids is 2. The maximum atomic E-state index is 13.4. The van der Waals surface area contributed by atoms with E-state index in [1.807, 2.05) is 62.4 Å². The van der Waals surface area contributed by atoms with Gasteiger partial charge in [0.1, 0.15) is 11.8 Å². The number of nitrogens with zero attached hydrogens (tertiary/aromatic N) is 2. The third-order valence-electron chi connectivity index (χ3n) is 4.98. The third kappa shape index (κ3) is 6.07. The lowest BCUT2D eigenvalue weighted by molar-refractivity contribution is -0.131. The first-order chi connectivity index (χ1) is 15.5. The van der Waals surface area contributed by atoms with Crippen LogP contribution < -0.4 is 15.5 Å². The molecule has 3 rings (SSSR count). The molecule has 0 aliphatic rings. The lowest BCUT2D eigenvalue weighted by Gasteiger charge is -2.28. The summed E-state index contributed by atoms with van der Waals surface area (Å²) in [6.45, 7) is 4.21. The Morgan fingerprint density at radius 3 is 2.50 bits per heavy atom. The summed E-state index contributed by atoms with van der Waals surface area (Å²) in [4.78, 5) is 30.5. The van der Waals surface area contributed by atoms with Gasteiger partial charge in [-0.15, -0.1) is 0 Å². The van der Waals surface area contributed by atoms with Gasteiger partial charge in [0.25, 0.3) is 11.8 Å². The van der Waals surface area contributed by atoms with Crippen molar-refractivity contribution >= 4 is 17.5 Å². The number of pyridine rings is 1. The highest BCUT2D eigenvalue weighted by atomic mass is 16.5. The molecule has 0 aliphatic carbocycles. The molecular weight excluding hydrogens is 404 g/mol. The quantitative estimate of drug-likeness (QED) is 0.505. The van der Waals surface area contributed by atoms with Crippen LogP contribution in [-0.2, 0) is 11.2 Å². The van der Waals surface area contributed by atoms with Gasteiger partial charge in [-0.1, -0.05) is 23.8 Å². The number of hydrogen-bond acceptors (Lipinski definition) is 5. The number of rotatable bonds is 9. The number of aryl methyl sites for hydroxylation is 1. The van der Waals surface area contributed by atoms with Gasteiger partial charge in [-0.2, -0.15) is 0 Å². The minimum Gasteiger partial charge on any atom is -0.497 e. The molecule has 0 saturated carbocycles. The fourth-order valence-corrected chi connectivity index (χ4v) is 3.28. The summed E-state index contributed by atoms with van der Waals surface area (Å²) in [5.41, 5.74) is 6.22. The molecule has 7 nitrogen and oxygen atoms in total. The predicted molar refractivity (Wildman–Crippen MR) is 124 cm³/mol. The number of ether oxygens (including phenoxy) is 1. The van der Waals surface area contributed by atoms with E-state index in [0.717, 1.165) is 22.6 Å². The van der Waals surface area contributed by atoms with Crippen LogP contribution in [0.3, 0.4) is 0 Å². The van der Waals surface area contributed by atoms with E-state index in [0.29, 0.717) is 18.5 Å². The Labute approximate surface area is 188 Å². The van der Waals surface area contributed by atoms with Gasteiger partial charge in [-0.25, -0.2) is 0 Å². The Bertz CT molecular complexity index is 1040. The molecule has 0 bridgehead atoms. The molecule has 1 aromatic heterocycles. The van der Waals surface area contributed by atoms with Gasteiger partial charge >= 0.3 is 0 Å². The number of anilines is 1. The van der Waals surface area contributed by atoms with E-state index >= 15 is 0 Å². The zero-order valence-electron chi connectivity index (χ0n) is 18.5. The molecule has 1 unspecified atom stereocenters. The first-order valence-corrected chi connectivity index (χ1v) is 10.5. The molecule has 2 amide bonds. The van der Waals surface area contributed by atoms with E-state index in [4.69, 9.17) is 4.74 Å². The van der Waals surface area contributed by atoms with Gasteiger partial charge in [0.2, 0.25) is 0 Å². The average molecular weight is 433 g/mol. The third-order valence-corrected chi connectivity index (χ3v) is 4.98. The Balaban J connectivity index is 1.80. The molecule has 0 saturated heterocycles. The molecule has 2 N–H and O–H groups in total. The standard InChI is InChI=1S/C25H28N4O3/c1-4-29(28-21-10-12-22(32-3)13-11-21)25(31)23(16-19-8-6-14-26-17-19)27-24(30)20-9-5-7-18(2)15-20/h5-15,17,23,28H,4,16H2,1-3H3,(H,27,30). The highest BCUT2D eigenvalue weighted by Crippen LogP contribution is 2.16. The van der Waals surface area contributed by atoms with Crippen LogP contribution in [0.5, 0.6) is 5.75 Å². The number of amides is 2. The van der Waals surface area contributed by atoms with Crippen molar-refractivity contribution in [1.29, 1.82) is 0 Å². The van der Waals surface area contributed by atoms with E-state index < -0.39 is 6.04 Å². The lowest BCUT2D eigenvalue weighted by atomic mass is 10.1. The van der Waals surface area contributed by atoms with E-state index in [-0.39, 0.29) is 11.8 Å². The summed E-state index contributed by atoms with van der Waals surface area (Å²) in [6.07, 6.45) is 3.70. The summed E-state index contributed by atoms with van der Waals surface area (Å²) < 4.78 is 5.18. The number of hydrazine groups is 1. The van der Waals surface area contributed by atoms with Crippen LogP contribution in [0.4, 0.5) is 5.69 Å². The monoisotopic (exact) mass is 432 g/mol. The second-order valence-corrected chi connectivity index (χ2v) is 7.38. The first kappa shape index (κ1) is 22.8.